The monoisotopic (exact) mass is 561 g/mol. The van der Waals surface area contributed by atoms with E-state index in [1.165, 1.54) is 6.20 Å². The highest BCUT2D eigenvalue weighted by Gasteiger charge is 2.29. The molecule has 1 aliphatic rings. The molecule has 1 fully saturated rings. The van der Waals surface area contributed by atoms with Gasteiger partial charge >= 0.3 is 5.97 Å². The highest BCUT2D eigenvalue weighted by molar-refractivity contribution is 6.30. The number of rotatable bonds is 10. The zero-order valence-corrected chi connectivity index (χ0v) is 22.9. The van der Waals surface area contributed by atoms with Crippen LogP contribution in [0, 0.1) is 0 Å². The summed E-state index contributed by atoms with van der Waals surface area (Å²) in [6, 6.07) is 23.6. The normalized spacial score (nSPS) is 14.9. The lowest BCUT2D eigenvalue weighted by molar-refractivity contribution is 0.0694. The fraction of sp³-hybridized carbons (Fsp3) is 0.258. The van der Waals surface area contributed by atoms with Crippen molar-refractivity contribution in [2.24, 2.45) is 0 Å². The Morgan fingerprint density at radius 1 is 0.949 bits per heavy atom. The molecule has 3 aromatic carbocycles. The lowest BCUT2D eigenvalue weighted by Gasteiger charge is -2.25. The lowest BCUT2D eigenvalue weighted by atomic mass is 10.0. The largest absolute Gasteiger partial charge is 0.493 e. The van der Waals surface area contributed by atoms with Crippen molar-refractivity contribution >= 4 is 35.1 Å². The summed E-state index contributed by atoms with van der Waals surface area (Å²) in [4.78, 5) is 23.4. The second-order valence-electron chi connectivity index (χ2n) is 9.57. The fourth-order valence-electron chi connectivity index (χ4n) is 4.99. The maximum absolute atomic E-state index is 12.0. The molecule has 0 unspecified atom stereocenters. The first-order valence-corrected chi connectivity index (χ1v) is 13.8. The summed E-state index contributed by atoms with van der Waals surface area (Å²) in [6.45, 7) is 1.33. The second-order valence-corrected chi connectivity index (χ2v) is 10.4. The quantitative estimate of drug-likeness (QED) is 0.220. The first-order chi connectivity index (χ1) is 19.0. The number of carboxylic acid groups (broad SMARTS) is 1. The molecular formula is C31H29Cl2N3O3. The van der Waals surface area contributed by atoms with E-state index in [4.69, 9.17) is 32.9 Å². The minimum absolute atomic E-state index is 0.126. The molecule has 0 aliphatic carbocycles. The average molecular weight is 562 g/mol. The van der Waals surface area contributed by atoms with Gasteiger partial charge < -0.3 is 14.7 Å². The molecular weight excluding hydrogens is 533 g/mol. The van der Waals surface area contributed by atoms with Gasteiger partial charge in [-0.05, 0) is 72.7 Å². The van der Waals surface area contributed by atoms with Crippen LogP contribution in [-0.2, 0) is 19.3 Å². The number of carbonyl (C=O) groups is 1. The highest BCUT2D eigenvalue weighted by Crippen LogP contribution is 2.35. The van der Waals surface area contributed by atoms with E-state index < -0.39 is 5.97 Å². The highest BCUT2D eigenvalue weighted by atomic mass is 35.5. The summed E-state index contributed by atoms with van der Waals surface area (Å²) in [5.74, 6) is 0.319. The third-order valence-corrected chi connectivity index (χ3v) is 7.52. The van der Waals surface area contributed by atoms with Crippen molar-refractivity contribution in [3.63, 3.8) is 0 Å². The molecule has 0 amide bonds. The first-order valence-electron chi connectivity index (χ1n) is 13.0. The van der Waals surface area contributed by atoms with Crippen molar-refractivity contribution in [2.75, 3.05) is 18.1 Å². The van der Waals surface area contributed by atoms with Crippen LogP contribution in [0.3, 0.4) is 0 Å². The molecule has 1 saturated heterocycles. The standard InChI is InChI=1S/C31H29Cl2N3O3/c32-24-12-7-21(8-13-24)17-19-39-29-6-2-1-4-23(29)11-16-27-26(30(37)38)20-34-31(35-27)36-18-3-5-28(36)22-9-14-25(33)15-10-22/h1-2,4,6-10,12-15,20,28H,3,5,11,16-19H2,(H,37,38)/t28-/m0/s1. The first kappa shape index (κ1) is 27.0. The van der Waals surface area contributed by atoms with E-state index in [-0.39, 0.29) is 11.6 Å². The van der Waals surface area contributed by atoms with E-state index in [0.29, 0.717) is 41.1 Å². The van der Waals surface area contributed by atoms with Gasteiger partial charge in [0.15, 0.2) is 0 Å². The summed E-state index contributed by atoms with van der Waals surface area (Å²) in [5.41, 5.74) is 3.95. The fourth-order valence-corrected chi connectivity index (χ4v) is 5.24. The number of para-hydroxylation sites is 1. The van der Waals surface area contributed by atoms with Gasteiger partial charge in [0.05, 0.1) is 23.9 Å². The summed E-state index contributed by atoms with van der Waals surface area (Å²) in [6.07, 6.45) is 5.22. The molecule has 1 aromatic heterocycles. The maximum Gasteiger partial charge on any atom is 0.339 e. The molecule has 1 atom stereocenters. The molecule has 0 saturated carbocycles. The number of benzene rings is 3. The topological polar surface area (TPSA) is 75.5 Å². The third-order valence-electron chi connectivity index (χ3n) is 7.02. The van der Waals surface area contributed by atoms with Gasteiger partial charge in [0.2, 0.25) is 5.95 Å². The van der Waals surface area contributed by atoms with Crippen molar-refractivity contribution in [3.05, 3.63) is 117 Å². The van der Waals surface area contributed by atoms with Crippen molar-refractivity contribution in [2.45, 2.75) is 38.1 Å². The van der Waals surface area contributed by atoms with E-state index in [1.54, 1.807) is 0 Å². The third kappa shape index (κ3) is 6.70. The Labute approximate surface area is 238 Å². The van der Waals surface area contributed by atoms with Crippen LogP contribution < -0.4 is 9.64 Å². The Hall–Kier alpha value is -3.61. The SMILES string of the molecule is O=C(O)c1cnc(N2CCC[C@H]2c2ccc(Cl)cc2)nc1CCc1ccccc1OCCc1ccc(Cl)cc1. The zero-order chi connectivity index (χ0) is 27.2. The van der Waals surface area contributed by atoms with Gasteiger partial charge in [-0.15, -0.1) is 0 Å². The van der Waals surface area contributed by atoms with E-state index in [2.05, 4.69) is 9.88 Å². The molecule has 1 aliphatic heterocycles. The number of aryl methyl sites for hydroxylation is 2. The number of aromatic carboxylic acids is 1. The molecule has 0 spiro atoms. The molecule has 5 rings (SSSR count). The Kier molecular flexibility index (Phi) is 8.64. The smallest absolute Gasteiger partial charge is 0.339 e. The van der Waals surface area contributed by atoms with Gasteiger partial charge in [-0.25, -0.2) is 14.8 Å². The summed E-state index contributed by atoms with van der Waals surface area (Å²) in [7, 11) is 0. The van der Waals surface area contributed by atoms with Crippen LogP contribution in [0.1, 0.15) is 51.6 Å². The molecule has 0 bridgehead atoms. The van der Waals surface area contributed by atoms with Crippen LogP contribution in [0.25, 0.3) is 0 Å². The van der Waals surface area contributed by atoms with Gasteiger partial charge in [-0.1, -0.05) is 65.7 Å². The Morgan fingerprint density at radius 2 is 1.67 bits per heavy atom. The number of anilines is 1. The predicted molar refractivity (Wildman–Crippen MR) is 154 cm³/mol. The van der Waals surface area contributed by atoms with E-state index in [1.807, 2.05) is 72.8 Å². The van der Waals surface area contributed by atoms with E-state index in [0.717, 1.165) is 48.2 Å². The molecule has 1 N–H and O–H groups in total. The van der Waals surface area contributed by atoms with Crippen molar-refractivity contribution in [3.8, 4) is 5.75 Å². The van der Waals surface area contributed by atoms with Crippen LogP contribution in [0.5, 0.6) is 5.75 Å². The lowest BCUT2D eigenvalue weighted by Crippen LogP contribution is -2.25. The van der Waals surface area contributed by atoms with Crippen LogP contribution in [0.4, 0.5) is 5.95 Å². The average Bonchev–Trinajstić information content (AvgIpc) is 3.44. The number of nitrogens with zero attached hydrogens (tertiary/aromatic N) is 3. The van der Waals surface area contributed by atoms with Gasteiger partial charge in [-0.2, -0.15) is 0 Å². The number of aromatic nitrogens is 2. The van der Waals surface area contributed by atoms with E-state index in [9.17, 15) is 9.90 Å². The molecule has 8 heteroatoms. The number of hydrogen-bond acceptors (Lipinski definition) is 5. The molecule has 200 valence electrons. The molecule has 4 aromatic rings. The van der Waals surface area contributed by atoms with Gasteiger partial charge in [0.1, 0.15) is 5.75 Å². The number of hydrogen-bond donors (Lipinski definition) is 1. The molecule has 39 heavy (non-hydrogen) atoms. The summed E-state index contributed by atoms with van der Waals surface area (Å²) in [5, 5.41) is 11.2. The number of ether oxygens (including phenoxy) is 1. The number of carboxylic acids is 1. The van der Waals surface area contributed by atoms with Crippen molar-refractivity contribution < 1.29 is 14.6 Å². The minimum atomic E-state index is -1.03. The Bertz CT molecular complexity index is 1430. The van der Waals surface area contributed by atoms with Crippen LogP contribution in [-0.4, -0.2) is 34.2 Å². The molecule has 2 heterocycles. The van der Waals surface area contributed by atoms with Crippen molar-refractivity contribution in [1.29, 1.82) is 0 Å². The minimum Gasteiger partial charge on any atom is -0.493 e. The van der Waals surface area contributed by atoms with Crippen LogP contribution in [0.2, 0.25) is 10.0 Å². The van der Waals surface area contributed by atoms with Crippen LogP contribution >= 0.6 is 23.2 Å². The predicted octanol–water partition coefficient (Wildman–Crippen LogP) is 7.23. The van der Waals surface area contributed by atoms with Crippen molar-refractivity contribution in [1.82, 2.24) is 9.97 Å². The molecule has 6 nitrogen and oxygen atoms in total. The Balaban J connectivity index is 1.31. The Morgan fingerprint density at radius 3 is 2.41 bits per heavy atom. The molecule has 0 radical (unpaired) electrons. The van der Waals surface area contributed by atoms with Gasteiger partial charge in [-0.3, -0.25) is 0 Å². The van der Waals surface area contributed by atoms with Gasteiger partial charge in [0, 0.05) is 29.2 Å². The maximum atomic E-state index is 12.0. The van der Waals surface area contributed by atoms with E-state index >= 15 is 0 Å². The number of halogens is 2. The zero-order valence-electron chi connectivity index (χ0n) is 21.4. The van der Waals surface area contributed by atoms with Crippen LogP contribution in [0.15, 0.2) is 79.0 Å². The second kappa shape index (κ2) is 12.5. The van der Waals surface area contributed by atoms with Gasteiger partial charge in [0.25, 0.3) is 0 Å². The summed E-state index contributed by atoms with van der Waals surface area (Å²) >= 11 is 12.1. The summed E-state index contributed by atoms with van der Waals surface area (Å²) < 4.78 is 6.11.